The zero-order valence-electron chi connectivity index (χ0n) is 13.5. The van der Waals surface area contributed by atoms with Gasteiger partial charge in [-0.15, -0.1) is 0 Å². The van der Waals surface area contributed by atoms with Crippen molar-refractivity contribution in [1.29, 1.82) is 0 Å². The average molecular weight is 315 g/mol. The van der Waals surface area contributed by atoms with E-state index in [-0.39, 0.29) is 17.9 Å². The van der Waals surface area contributed by atoms with Gasteiger partial charge < -0.3 is 10.2 Å². The molecule has 0 aliphatic carbocycles. The molecule has 2 saturated heterocycles. The first-order chi connectivity index (χ1) is 11.2. The van der Waals surface area contributed by atoms with Gasteiger partial charge in [-0.05, 0) is 50.8 Å². The molecular weight excluding hydrogens is 290 g/mol. The quantitative estimate of drug-likeness (QED) is 0.926. The summed E-state index contributed by atoms with van der Waals surface area (Å²) >= 11 is 0. The molecule has 2 aliphatic rings. The van der Waals surface area contributed by atoms with Gasteiger partial charge in [0.1, 0.15) is 0 Å². The van der Waals surface area contributed by atoms with Crippen LogP contribution in [0.3, 0.4) is 0 Å². The van der Waals surface area contributed by atoms with Crippen LogP contribution in [0.25, 0.3) is 0 Å². The van der Waals surface area contributed by atoms with E-state index in [0.717, 1.165) is 51.0 Å². The molecule has 124 valence electrons. The van der Waals surface area contributed by atoms with E-state index < -0.39 is 0 Å². The highest BCUT2D eigenvalue weighted by atomic mass is 16.2. The number of rotatable bonds is 4. The van der Waals surface area contributed by atoms with Crippen molar-refractivity contribution in [2.75, 3.05) is 31.5 Å². The molecular formula is C18H25N3O2. The summed E-state index contributed by atoms with van der Waals surface area (Å²) in [7, 11) is 0. The molecule has 5 heteroatoms. The van der Waals surface area contributed by atoms with Gasteiger partial charge in [-0.25, -0.2) is 0 Å². The second-order valence-corrected chi connectivity index (χ2v) is 6.43. The van der Waals surface area contributed by atoms with Gasteiger partial charge in [0.15, 0.2) is 0 Å². The third-order valence-electron chi connectivity index (χ3n) is 4.75. The van der Waals surface area contributed by atoms with E-state index in [2.05, 4.69) is 5.32 Å². The topological polar surface area (TPSA) is 52.7 Å². The van der Waals surface area contributed by atoms with Crippen molar-refractivity contribution in [2.24, 2.45) is 0 Å². The van der Waals surface area contributed by atoms with Crippen LogP contribution in [0.4, 0.5) is 5.69 Å². The van der Waals surface area contributed by atoms with Crippen molar-refractivity contribution in [2.45, 2.75) is 38.1 Å². The first-order valence-electron chi connectivity index (χ1n) is 8.62. The van der Waals surface area contributed by atoms with E-state index >= 15 is 0 Å². The molecule has 5 nitrogen and oxygen atoms in total. The minimum absolute atomic E-state index is 0.000133. The fraction of sp³-hybridized carbons (Fsp3) is 0.556. The highest BCUT2D eigenvalue weighted by Gasteiger charge is 2.33. The first kappa shape index (κ1) is 16.0. The van der Waals surface area contributed by atoms with Crippen molar-refractivity contribution in [1.82, 2.24) is 9.80 Å². The van der Waals surface area contributed by atoms with Crippen LogP contribution >= 0.6 is 0 Å². The molecule has 0 spiro atoms. The summed E-state index contributed by atoms with van der Waals surface area (Å²) in [5, 5.41) is 2.96. The van der Waals surface area contributed by atoms with Crippen LogP contribution in [-0.4, -0.2) is 53.8 Å². The van der Waals surface area contributed by atoms with Gasteiger partial charge in [0.05, 0.1) is 12.6 Å². The van der Waals surface area contributed by atoms with Crippen molar-refractivity contribution in [3.8, 4) is 0 Å². The van der Waals surface area contributed by atoms with Gasteiger partial charge in [-0.2, -0.15) is 0 Å². The van der Waals surface area contributed by atoms with Gasteiger partial charge >= 0.3 is 0 Å². The fourth-order valence-electron chi connectivity index (χ4n) is 3.48. The molecule has 1 atom stereocenters. The lowest BCUT2D eigenvalue weighted by atomic mass is 10.1. The van der Waals surface area contributed by atoms with E-state index in [9.17, 15) is 9.59 Å². The number of hydrogen-bond donors (Lipinski definition) is 1. The maximum absolute atomic E-state index is 12.5. The van der Waals surface area contributed by atoms with E-state index in [1.165, 1.54) is 6.42 Å². The number of likely N-dealkylation sites (tertiary alicyclic amines) is 2. The Morgan fingerprint density at radius 2 is 1.74 bits per heavy atom. The second-order valence-electron chi connectivity index (χ2n) is 6.43. The summed E-state index contributed by atoms with van der Waals surface area (Å²) in [4.78, 5) is 28.9. The Morgan fingerprint density at radius 3 is 2.48 bits per heavy atom. The van der Waals surface area contributed by atoms with Crippen LogP contribution in [0.1, 0.15) is 32.1 Å². The Kier molecular flexibility index (Phi) is 5.28. The van der Waals surface area contributed by atoms with Gasteiger partial charge in [0.25, 0.3) is 0 Å². The molecule has 0 bridgehead atoms. The Bertz CT molecular complexity index is 540. The number of nitrogens with one attached hydrogen (secondary N) is 1. The molecule has 0 saturated carbocycles. The largest absolute Gasteiger partial charge is 0.342 e. The summed E-state index contributed by atoms with van der Waals surface area (Å²) in [5.41, 5.74) is 0.812. The number of hydrogen-bond acceptors (Lipinski definition) is 3. The number of benzene rings is 1. The smallest absolute Gasteiger partial charge is 0.241 e. The summed E-state index contributed by atoms with van der Waals surface area (Å²) < 4.78 is 0. The number of amides is 2. The number of para-hydroxylation sites is 1. The maximum Gasteiger partial charge on any atom is 0.241 e. The zero-order valence-corrected chi connectivity index (χ0v) is 13.5. The second kappa shape index (κ2) is 7.59. The maximum atomic E-state index is 12.5. The molecule has 0 radical (unpaired) electrons. The molecule has 2 amide bonds. The molecule has 2 fully saturated rings. The lowest BCUT2D eigenvalue weighted by Crippen LogP contribution is -2.47. The van der Waals surface area contributed by atoms with Crippen molar-refractivity contribution in [3.05, 3.63) is 30.3 Å². The van der Waals surface area contributed by atoms with Crippen LogP contribution < -0.4 is 5.32 Å². The predicted octanol–water partition coefficient (Wildman–Crippen LogP) is 2.10. The van der Waals surface area contributed by atoms with E-state index in [1.807, 2.05) is 40.1 Å². The van der Waals surface area contributed by atoms with Crippen molar-refractivity contribution >= 4 is 17.5 Å². The lowest BCUT2D eigenvalue weighted by Gasteiger charge is -2.30. The van der Waals surface area contributed by atoms with E-state index in [0.29, 0.717) is 6.54 Å². The number of nitrogens with zero attached hydrogens (tertiary/aromatic N) is 2. The predicted molar refractivity (Wildman–Crippen MR) is 90.1 cm³/mol. The SMILES string of the molecule is O=C(Nc1ccccc1)[C@H]1CCCN1CC(=O)N1CCCCC1. The lowest BCUT2D eigenvalue weighted by molar-refractivity contribution is -0.134. The van der Waals surface area contributed by atoms with Crippen LogP contribution in [0, 0.1) is 0 Å². The van der Waals surface area contributed by atoms with Crippen LogP contribution in [-0.2, 0) is 9.59 Å². The van der Waals surface area contributed by atoms with E-state index in [4.69, 9.17) is 0 Å². The minimum atomic E-state index is -0.191. The summed E-state index contributed by atoms with van der Waals surface area (Å²) in [5.74, 6) is 0.171. The normalized spacial score (nSPS) is 22.1. The van der Waals surface area contributed by atoms with Gasteiger partial charge in [0, 0.05) is 18.8 Å². The third-order valence-corrected chi connectivity index (χ3v) is 4.75. The van der Waals surface area contributed by atoms with Crippen molar-refractivity contribution < 1.29 is 9.59 Å². The molecule has 0 unspecified atom stereocenters. The average Bonchev–Trinajstić information content (AvgIpc) is 3.05. The number of anilines is 1. The minimum Gasteiger partial charge on any atom is -0.342 e. The molecule has 23 heavy (non-hydrogen) atoms. The Hall–Kier alpha value is -1.88. The molecule has 2 aliphatic heterocycles. The number of piperidine rings is 1. The number of carbonyl (C=O) groups excluding carboxylic acids is 2. The first-order valence-corrected chi connectivity index (χ1v) is 8.62. The molecule has 0 aromatic heterocycles. The Morgan fingerprint density at radius 1 is 1.00 bits per heavy atom. The summed E-state index contributed by atoms with van der Waals surface area (Å²) in [6, 6.07) is 9.31. The molecule has 1 aromatic rings. The van der Waals surface area contributed by atoms with Crippen molar-refractivity contribution in [3.63, 3.8) is 0 Å². The zero-order chi connectivity index (χ0) is 16.1. The summed E-state index contributed by atoms with van der Waals surface area (Å²) in [6.45, 7) is 2.93. The molecule has 2 heterocycles. The fourth-order valence-corrected chi connectivity index (χ4v) is 3.48. The van der Waals surface area contributed by atoms with E-state index in [1.54, 1.807) is 0 Å². The van der Waals surface area contributed by atoms with Gasteiger partial charge in [-0.1, -0.05) is 18.2 Å². The summed E-state index contributed by atoms with van der Waals surface area (Å²) in [6.07, 6.45) is 5.22. The van der Waals surface area contributed by atoms with Gasteiger partial charge in [0.2, 0.25) is 11.8 Å². The monoisotopic (exact) mass is 315 g/mol. The number of carbonyl (C=O) groups is 2. The third kappa shape index (κ3) is 4.10. The standard InChI is InChI=1S/C18H25N3O2/c22-17(20-11-5-2-6-12-20)14-21-13-7-10-16(21)18(23)19-15-8-3-1-4-9-15/h1,3-4,8-9,16H,2,5-7,10-14H2,(H,19,23)/t16-/m1/s1. The Balaban J connectivity index is 1.56. The molecule has 3 rings (SSSR count). The molecule has 1 N–H and O–H groups in total. The van der Waals surface area contributed by atoms with Crippen LogP contribution in [0.15, 0.2) is 30.3 Å². The van der Waals surface area contributed by atoms with Crippen LogP contribution in [0.5, 0.6) is 0 Å². The van der Waals surface area contributed by atoms with Gasteiger partial charge in [-0.3, -0.25) is 14.5 Å². The highest BCUT2D eigenvalue weighted by molar-refractivity contribution is 5.95. The molecule has 1 aromatic carbocycles. The Labute approximate surface area is 137 Å². The highest BCUT2D eigenvalue weighted by Crippen LogP contribution is 2.20. The van der Waals surface area contributed by atoms with Crippen LogP contribution in [0.2, 0.25) is 0 Å².